The van der Waals surface area contributed by atoms with Crippen LogP contribution in [-0.2, 0) is 9.53 Å². The zero-order chi connectivity index (χ0) is 19.1. The first-order chi connectivity index (χ1) is 12.4. The minimum Gasteiger partial charge on any atom is -0.481 e. The Labute approximate surface area is 154 Å². The molecule has 0 radical (unpaired) electrons. The van der Waals surface area contributed by atoms with Crippen LogP contribution in [0.3, 0.4) is 0 Å². The Hall–Kier alpha value is -2.82. The summed E-state index contributed by atoms with van der Waals surface area (Å²) < 4.78 is 10.8. The lowest BCUT2D eigenvalue weighted by Gasteiger charge is -2.18. The van der Waals surface area contributed by atoms with Crippen molar-refractivity contribution in [2.45, 2.75) is 40.2 Å². The van der Waals surface area contributed by atoms with Crippen molar-refractivity contribution in [3.8, 4) is 5.75 Å². The Morgan fingerprint density at radius 2 is 1.73 bits per heavy atom. The third-order valence-electron chi connectivity index (χ3n) is 3.97. The summed E-state index contributed by atoms with van der Waals surface area (Å²) in [5, 5.41) is 2.86. The molecular weight excluding hydrogens is 330 g/mol. The van der Waals surface area contributed by atoms with E-state index in [-0.39, 0.29) is 5.91 Å². The van der Waals surface area contributed by atoms with Gasteiger partial charge in [-0.1, -0.05) is 30.7 Å². The van der Waals surface area contributed by atoms with E-state index < -0.39 is 12.1 Å². The van der Waals surface area contributed by atoms with Crippen LogP contribution in [0.2, 0.25) is 0 Å². The van der Waals surface area contributed by atoms with Crippen molar-refractivity contribution in [1.82, 2.24) is 0 Å². The molecule has 0 unspecified atom stereocenters. The van der Waals surface area contributed by atoms with Gasteiger partial charge in [0.1, 0.15) is 5.75 Å². The molecule has 1 N–H and O–H groups in total. The van der Waals surface area contributed by atoms with Crippen molar-refractivity contribution in [1.29, 1.82) is 0 Å². The fourth-order valence-corrected chi connectivity index (χ4v) is 2.41. The van der Waals surface area contributed by atoms with Crippen LogP contribution in [0.5, 0.6) is 5.75 Å². The van der Waals surface area contributed by atoms with Crippen LogP contribution in [0, 0.1) is 13.8 Å². The largest absolute Gasteiger partial charge is 0.481 e. The first kappa shape index (κ1) is 19.5. The molecule has 2 aromatic rings. The molecule has 0 aliphatic carbocycles. The monoisotopic (exact) mass is 355 g/mol. The Morgan fingerprint density at radius 3 is 2.35 bits per heavy atom. The molecule has 5 heteroatoms. The molecule has 0 aliphatic heterocycles. The third-order valence-corrected chi connectivity index (χ3v) is 3.97. The zero-order valence-corrected chi connectivity index (χ0v) is 15.7. The highest BCUT2D eigenvalue weighted by atomic mass is 16.5. The number of benzene rings is 2. The van der Waals surface area contributed by atoms with E-state index in [0.717, 1.165) is 11.1 Å². The van der Waals surface area contributed by atoms with Crippen LogP contribution in [0.25, 0.3) is 0 Å². The van der Waals surface area contributed by atoms with Gasteiger partial charge in [0.25, 0.3) is 5.91 Å². The Kier molecular flexibility index (Phi) is 6.78. The van der Waals surface area contributed by atoms with Gasteiger partial charge < -0.3 is 14.8 Å². The molecule has 0 saturated carbocycles. The van der Waals surface area contributed by atoms with Crippen LogP contribution in [0.4, 0.5) is 5.69 Å². The van der Waals surface area contributed by atoms with Gasteiger partial charge >= 0.3 is 5.97 Å². The van der Waals surface area contributed by atoms with Gasteiger partial charge in [-0.25, -0.2) is 4.79 Å². The number of aryl methyl sites for hydroxylation is 2. The van der Waals surface area contributed by atoms with Crippen LogP contribution in [0.1, 0.15) is 41.8 Å². The van der Waals surface area contributed by atoms with Gasteiger partial charge in [0.05, 0.1) is 12.2 Å². The summed E-state index contributed by atoms with van der Waals surface area (Å²) in [7, 11) is 0. The second-order valence-electron chi connectivity index (χ2n) is 6.07. The molecule has 2 aromatic carbocycles. The summed E-state index contributed by atoms with van der Waals surface area (Å²) in [6.45, 7) is 7.81. The van der Waals surface area contributed by atoms with Gasteiger partial charge in [-0.2, -0.15) is 0 Å². The quantitative estimate of drug-likeness (QED) is 0.753. The minimum absolute atomic E-state index is 0.253. The SMILES string of the molecule is CCOC(=O)c1ccc(C)c(NC(=O)[C@@H](CC)Oc2ccc(C)cc2)c1. The van der Waals surface area contributed by atoms with Crippen molar-refractivity contribution >= 4 is 17.6 Å². The van der Waals surface area contributed by atoms with Crippen molar-refractivity contribution in [2.75, 3.05) is 11.9 Å². The number of hydrogen-bond donors (Lipinski definition) is 1. The molecule has 0 fully saturated rings. The summed E-state index contributed by atoms with van der Waals surface area (Å²) >= 11 is 0. The van der Waals surface area contributed by atoms with Gasteiger partial charge in [-0.05, 0) is 57.0 Å². The van der Waals surface area contributed by atoms with Crippen LogP contribution >= 0.6 is 0 Å². The Balaban J connectivity index is 2.12. The van der Waals surface area contributed by atoms with Gasteiger partial charge in [0, 0.05) is 5.69 Å². The second-order valence-corrected chi connectivity index (χ2v) is 6.07. The molecule has 0 heterocycles. The maximum Gasteiger partial charge on any atom is 0.338 e. The molecule has 0 aliphatic rings. The van der Waals surface area contributed by atoms with E-state index in [1.807, 2.05) is 45.0 Å². The van der Waals surface area contributed by atoms with Gasteiger partial charge in [-0.3, -0.25) is 4.79 Å². The molecule has 1 amide bonds. The summed E-state index contributed by atoms with van der Waals surface area (Å²) in [6.07, 6.45) is -0.0978. The highest BCUT2D eigenvalue weighted by Crippen LogP contribution is 2.20. The van der Waals surface area contributed by atoms with Crippen molar-refractivity contribution < 1.29 is 19.1 Å². The smallest absolute Gasteiger partial charge is 0.338 e. The second kappa shape index (κ2) is 9.04. The van der Waals surface area contributed by atoms with E-state index in [1.165, 1.54) is 0 Å². The van der Waals surface area contributed by atoms with Gasteiger partial charge in [0.2, 0.25) is 0 Å². The molecule has 1 atom stereocenters. The van der Waals surface area contributed by atoms with Gasteiger partial charge in [-0.15, -0.1) is 0 Å². The van der Waals surface area contributed by atoms with E-state index in [2.05, 4.69) is 5.32 Å². The number of anilines is 1. The first-order valence-corrected chi connectivity index (χ1v) is 8.76. The van der Waals surface area contributed by atoms with E-state index in [0.29, 0.717) is 30.0 Å². The fraction of sp³-hybridized carbons (Fsp3) is 0.333. The summed E-state index contributed by atoms with van der Waals surface area (Å²) in [5.74, 6) is -0.0160. The van der Waals surface area contributed by atoms with E-state index in [4.69, 9.17) is 9.47 Å². The van der Waals surface area contributed by atoms with Crippen molar-refractivity contribution in [3.05, 3.63) is 59.2 Å². The van der Waals surface area contributed by atoms with Crippen LogP contribution in [0.15, 0.2) is 42.5 Å². The van der Waals surface area contributed by atoms with Crippen molar-refractivity contribution in [3.63, 3.8) is 0 Å². The number of hydrogen-bond acceptors (Lipinski definition) is 4. The van der Waals surface area contributed by atoms with E-state index in [1.54, 1.807) is 25.1 Å². The van der Waals surface area contributed by atoms with E-state index in [9.17, 15) is 9.59 Å². The maximum absolute atomic E-state index is 12.6. The lowest BCUT2D eigenvalue weighted by Crippen LogP contribution is -2.32. The minimum atomic E-state index is -0.622. The Bertz CT molecular complexity index is 768. The van der Waals surface area contributed by atoms with Crippen LogP contribution in [-0.4, -0.2) is 24.6 Å². The number of nitrogens with one attached hydrogen (secondary N) is 1. The molecule has 0 aromatic heterocycles. The molecule has 2 rings (SSSR count). The average molecular weight is 355 g/mol. The summed E-state index contributed by atoms with van der Waals surface area (Å²) in [4.78, 5) is 24.5. The topological polar surface area (TPSA) is 64.6 Å². The first-order valence-electron chi connectivity index (χ1n) is 8.76. The average Bonchev–Trinajstić information content (AvgIpc) is 2.63. The van der Waals surface area contributed by atoms with E-state index >= 15 is 0 Å². The molecule has 26 heavy (non-hydrogen) atoms. The highest BCUT2D eigenvalue weighted by Gasteiger charge is 2.20. The lowest BCUT2D eigenvalue weighted by atomic mass is 10.1. The molecule has 0 spiro atoms. The summed E-state index contributed by atoms with van der Waals surface area (Å²) in [5.41, 5.74) is 2.96. The highest BCUT2D eigenvalue weighted by molar-refractivity contribution is 5.97. The number of esters is 1. The number of carbonyl (C=O) groups is 2. The maximum atomic E-state index is 12.6. The molecule has 0 saturated heterocycles. The van der Waals surface area contributed by atoms with Crippen LogP contribution < -0.4 is 10.1 Å². The molecule has 0 bridgehead atoms. The summed E-state index contributed by atoms with van der Waals surface area (Å²) in [6, 6.07) is 12.7. The molecular formula is C21H25NO4. The standard InChI is InChI=1S/C21H25NO4/c1-5-19(26-17-11-7-14(3)8-12-17)20(23)22-18-13-16(10-9-15(18)4)21(24)25-6-2/h7-13,19H,5-6H2,1-4H3,(H,22,23)/t19-/m1/s1. The lowest BCUT2D eigenvalue weighted by molar-refractivity contribution is -0.122. The fourth-order valence-electron chi connectivity index (χ4n) is 2.41. The zero-order valence-electron chi connectivity index (χ0n) is 15.7. The normalized spacial score (nSPS) is 11.5. The molecule has 5 nitrogen and oxygen atoms in total. The third kappa shape index (κ3) is 5.09. The number of ether oxygens (including phenoxy) is 2. The predicted octanol–water partition coefficient (Wildman–Crippen LogP) is 4.28. The predicted molar refractivity (Wildman–Crippen MR) is 102 cm³/mol. The van der Waals surface area contributed by atoms with Gasteiger partial charge in [0.15, 0.2) is 6.10 Å². The molecule has 138 valence electrons. The number of amides is 1. The Morgan fingerprint density at radius 1 is 1.04 bits per heavy atom. The van der Waals surface area contributed by atoms with Crippen molar-refractivity contribution in [2.24, 2.45) is 0 Å². The number of carbonyl (C=O) groups excluding carboxylic acids is 2. The number of rotatable bonds is 7.